The standard InChI is InChI=1S/C18H16ClFN4O5/c1-11-8-17(24(26)27)22-23(11)7-6-21-18(25)16-5-3-13(29-16)10-28-15-4-2-12(20)9-14(15)19/h2-5,8-9H,6-7,10H2,1H3,(H,21,25). The van der Waals surface area contributed by atoms with E-state index in [0.29, 0.717) is 17.2 Å². The van der Waals surface area contributed by atoms with Crippen molar-refractivity contribution in [2.24, 2.45) is 0 Å². The van der Waals surface area contributed by atoms with Crippen LogP contribution in [0, 0.1) is 22.9 Å². The first-order valence-corrected chi connectivity index (χ1v) is 8.85. The largest absolute Gasteiger partial charge is 0.484 e. The Morgan fingerprint density at radius 3 is 2.86 bits per heavy atom. The smallest absolute Gasteiger partial charge is 0.390 e. The summed E-state index contributed by atoms with van der Waals surface area (Å²) in [7, 11) is 0. The van der Waals surface area contributed by atoms with Crippen LogP contribution >= 0.6 is 11.6 Å². The van der Waals surface area contributed by atoms with Crippen LogP contribution in [0.4, 0.5) is 10.2 Å². The zero-order valence-electron chi connectivity index (χ0n) is 15.2. The molecule has 0 fully saturated rings. The predicted octanol–water partition coefficient (Wildman–Crippen LogP) is 3.49. The number of ether oxygens (including phenoxy) is 1. The molecule has 0 aliphatic heterocycles. The Bertz CT molecular complexity index is 1050. The second-order valence-corrected chi connectivity index (χ2v) is 6.42. The second kappa shape index (κ2) is 8.74. The summed E-state index contributed by atoms with van der Waals surface area (Å²) in [5.74, 6) is -0.412. The summed E-state index contributed by atoms with van der Waals surface area (Å²) in [5.41, 5.74) is 0.614. The third kappa shape index (κ3) is 5.11. The van der Waals surface area contributed by atoms with Crippen molar-refractivity contribution in [2.75, 3.05) is 6.54 Å². The van der Waals surface area contributed by atoms with Crippen LogP contribution in [0.1, 0.15) is 22.0 Å². The number of nitrogens with zero attached hydrogens (tertiary/aromatic N) is 3. The number of halogens is 2. The normalized spacial score (nSPS) is 10.7. The minimum Gasteiger partial charge on any atom is -0.484 e. The van der Waals surface area contributed by atoms with Gasteiger partial charge in [-0.1, -0.05) is 11.6 Å². The summed E-state index contributed by atoms with van der Waals surface area (Å²) in [4.78, 5) is 22.3. The highest BCUT2D eigenvalue weighted by Gasteiger charge is 2.16. The highest BCUT2D eigenvalue weighted by molar-refractivity contribution is 6.32. The van der Waals surface area contributed by atoms with E-state index in [1.54, 1.807) is 13.0 Å². The van der Waals surface area contributed by atoms with Crippen LogP contribution in [-0.2, 0) is 13.2 Å². The molecule has 2 heterocycles. The summed E-state index contributed by atoms with van der Waals surface area (Å²) in [6.45, 7) is 2.17. The molecule has 1 aromatic carbocycles. The van der Waals surface area contributed by atoms with Crippen molar-refractivity contribution in [1.29, 1.82) is 0 Å². The lowest BCUT2D eigenvalue weighted by molar-refractivity contribution is -0.389. The Kier molecular flexibility index (Phi) is 6.13. The number of carbonyl (C=O) groups is 1. The van der Waals surface area contributed by atoms with Crippen LogP contribution in [-0.4, -0.2) is 27.2 Å². The quantitative estimate of drug-likeness (QED) is 0.439. The van der Waals surface area contributed by atoms with Crippen molar-refractivity contribution < 1.29 is 23.3 Å². The van der Waals surface area contributed by atoms with Crippen LogP contribution < -0.4 is 10.1 Å². The average molecular weight is 423 g/mol. The van der Waals surface area contributed by atoms with Gasteiger partial charge in [0.05, 0.1) is 28.4 Å². The summed E-state index contributed by atoms with van der Waals surface area (Å²) in [6, 6.07) is 8.17. The van der Waals surface area contributed by atoms with Crippen molar-refractivity contribution in [2.45, 2.75) is 20.1 Å². The minimum atomic E-state index is -0.576. The number of nitrogens with one attached hydrogen (secondary N) is 1. The van der Waals surface area contributed by atoms with Gasteiger partial charge in [0.25, 0.3) is 5.91 Å². The van der Waals surface area contributed by atoms with Crippen LogP contribution in [0.25, 0.3) is 0 Å². The molecule has 9 nitrogen and oxygen atoms in total. The second-order valence-electron chi connectivity index (χ2n) is 6.01. The van der Waals surface area contributed by atoms with E-state index >= 15 is 0 Å². The van der Waals surface area contributed by atoms with Crippen molar-refractivity contribution >= 4 is 23.3 Å². The first kappa shape index (κ1) is 20.3. The Labute approximate surface area is 169 Å². The van der Waals surface area contributed by atoms with Crippen LogP contribution in [0.15, 0.2) is 40.8 Å². The van der Waals surface area contributed by atoms with Gasteiger partial charge < -0.3 is 24.6 Å². The topological polar surface area (TPSA) is 112 Å². The molecule has 1 N–H and O–H groups in total. The zero-order chi connectivity index (χ0) is 21.0. The van der Waals surface area contributed by atoms with Crippen molar-refractivity contribution in [1.82, 2.24) is 15.1 Å². The van der Waals surface area contributed by atoms with Crippen molar-refractivity contribution in [3.05, 3.63) is 74.6 Å². The molecule has 1 amide bonds. The van der Waals surface area contributed by atoms with E-state index in [9.17, 15) is 19.3 Å². The summed E-state index contributed by atoms with van der Waals surface area (Å²) in [6.07, 6.45) is 0. The first-order chi connectivity index (χ1) is 13.8. The number of rotatable bonds is 8. The van der Waals surface area contributed by atoms with Gasteiger partial charge in [-0.2, -0.15) is 4.68 Å². The number of aryl methyl sites for hydroxylation is 1. The molecule has 11 heteroatoms. The highest BCUT2D eigenvalue weighted by Crippen LogP contribution is 2.26. The highest BCUT2D eigenvalue weighted by atomic mass is 35.5. The maximum atomic E-state index is 13.0. The minimum absolute atomic E-state index is 0.00871. The first-order valence-electron chi connectivity index (χ1n) is 8.47. The Hall–Kier alpha value is -3.40. The molecule has 0 spiro atoms. The van der Waals surface area contributed by atoms with Gasteiger partial charge in [-0.05, 0) is 42.2 Å². The van der Waals surface area contributed by atoms with Gasteiger partial charge in [0.1, 0.15) is 23.9 Å². The maximum absolute atomic E-state index is 13.0. The number of benzene rings is 1. The fourth-order valence-electron chi connectivity index (χ4n) is 2.49. The van der Waals surface area contributed by atoms with Gasteiger partial charge in [0, 0.05) is 6.54 Å². The number of hydrogen-bond acceptors (Lipinski definition) is 6. The molecule has 0 aliphatic carbocycles. The molecule has 0 saturated heterocycles. The summed E-state index contributed by atoms with van der Waals surface area (Å²) >= 11 is 5.88. The predicted molar refractivity (Wildman–Crippen MR) is 100 cm³/mol. The fraction of sp³-hybridized carbons (Fsp3) is 0.222. The molecule has 152 valence electrons. The molecule has 0 saturated carbocycles. The van der Waals surface area contributed by atoms with E-state index in [4.69, 9.17) is 20.8 Å². The molecule has 0 bridgehead atoms. The SMILES string of the molecule is Cc1cc([N+](=O)[O-])nn1CCNC(=O)c1ccc(COc2ccc(F)cc2Cl)o1. The summed E-state index contributed by atoms with van der Waals surface area (Å²) in [5, 5.41) is 17.3. The Morgan fingerprint density at radius 1 is 1.38 bits per heavy atom. The fourth-order valence-corrected chi connectivity index (χ4v) is 2.71. The molecule has 0 aliphatic rings. The van der Waals surface area contributed by atoms with E-state index in [2.05, 4.69) is 10.4 Å². The van der Waals surface area contributed by atoms with Crippen molar-refractivity contribution in [3.63, 3.8) is 0 Å². The van der Waals surface area contributed by atoms with E-state index in [1.165, 1.54) is 28.9 Å². The molecule has 0 radical (unpaired) electrons. The number of hydrogen-bond donors (Lipinski definition) is 1. The molecule has 2 aromatic heterocycles. The molecular weight excluding hydrogens is 407 g/mol. The van der Waals surface area contributed by atoms with E-state index < -0.39 is 16.6 Å². The lowest BCUT2D eigenvalue weighted by Crippen LogP contribution is -2.27. The number of furan rings is 1. The van der Waals surface area contributed by atoms with E-state index in [0.717, 1.165) is 6.07 Å². The molecule has 0 atom stereocenters. The lowest BCUT2D eigenvalue weighted by atomic mass is 10.3. The monoisotopic (exact) mass is 422 g/mol. The molecule has 29 heavy (non-hydrogen) atoms. The van der Waals surface area contributed by atoms with Gasteiger partial charge in [0.2, 0.25) is 0 Å². The van der Waals surface area contributed by atoms with E-state index in [1.807, 2.05) is 0 Å². The van der Waals surface area contributed by atoms with Gasteiger partial charge in [-0.3, -0.25) is 4.79 Å². The third-order valence-corrected chi connectivity index (χ3v) is 4.21. The number of carbonyl (C=O) groups excluding carboxylic acids is 1. The van der Waals surface area contributed by atoms with Crippen LogP contribution in [0.3, 0.4) is 0 Å². The van der Waals surface area contributed by atoms with Gasteiger partial charge in [0.15, 0.2) is 5.76 Å². The summed E-state index contributed by atoms with van der Waals surface area (Å²) < 4.78 is 25.4. The molecule has 3 rings (SSSR count). The lowest BCUT2D eigenvalue weighted by Gasteiger charge is -2.06. The van der Waals surface area contributed by atoms with E-state index in [-0.39, 0.29) is 36.3 Å². The zero-order valence-corrected chi connectivity index (χ0v) is 16.0. The van der Waals surface area contributed by atoms with Gasteiger partial charge in [-0.15, -0.1) is 0 Å². The number of aromatic nitrogens is 2. The number of nitro groups is 1. The van der Waals surface area contributed by atoms with Crippen LogP contribution in [0.5, 0.6) is 5.75 Å². The Balaban J connectivity index is 1.50. The molecule has 3 aromatic rings. The van der Waals surface area contributed by atoms with Crippen LogP contribution in [0.2, 0.25) is 5.02 Å². The molecule has 0 unspecified atom stereocenters. The third-order valence-electron chi connectivity index (χ3n) is 3.91. The average Bonchev–Trinajstić information content (AvgIpc) is 3.28. The Morgan fingerprint density at radius 2 is 2.17 bits per heavy atom. The molecular formula is C18H16ClFN4O5. The van der Waals surface area contributed by atoms with Gasteiger partial charge in [-0.25, -0.2) is 4.39 Å². The van der Waals surface area contributed by atoms with Gasteiger partial charge >= 0.3 is 5.82 Å². The maximum Gasteiger partial charge on any atom is 0.390 e. The number of amides is 1. The van der Waals surface area contributed by atoms with Crippen molar-refractivity contribution in [3.8, 4) is 5.75 Å².